The number of nitrogens with zero attached hydrogens (tertiary/aromatic N) is 3. The van der Waals surface area contributed by atoms with Gasteiger partial charge < -0.3 is 9.67 Å². The van der Waals surface area contributed by atoms with Crippen molar-refractivity contribution in [2.24, 2.45) is 0 Å². The Bertz CT molecular complexity index is 1070. The van der Waals surface area contributed by atoms with E-state index in [0.29, 0.717) is 10.7 Å². The predicted octanol–water partition coefficient (Wildman–Crippen LogP) is 2.70. The van der Waals surface area contributed by atoms with Crippen LogP contribution in [0.3, 0.4) is 0 Å². The second-order valence-corrected chi connectivity index (χ2v) is 6.27. The third kappa shape index (κ3) is 3.72. The molecule has 0 aliphatic heterocycles. The minimum atomic E-state index is -0.171. The highest BCUT2D eigenvalue weighted by atomic mass is 35.5. The van der Waals surface area contributed by atoms with Crippen molar-refractivity contribution in [1.82, 2.24) is 14.1 Å². The van der Waals surface area contributed by atoms with E-state index < -0.39 is 0 Å². The fourth-order valence-electron chi connectivity index (χ4n) is 2.77. The number of hydrogen-bond donors (Lipinski definition) is 1. The summed E-state index contributed by atoms with van der Waals surface area (Å²) in [6, 6.07) is 10.7. The first-order valence-electron chi connectivity index (χ1n) is 8.15. The molecule has 3 rings (SSSR count). The van der Waals surface area contributed by atoms with Crippen LogP contribution in [0.25, 0.3) is 5.69 Å². The van der Waals surface area contributed by atoms with E-state index >= 15 is 0 Å². The third-order valence-corrected chi connectivity index (χ3v) is 4.24. The van der Waals surface area contributed by atoms with Gasteiger partial charge in [0, 0.05) is 29.4 Å². The molecule has 0 fully saturated rings. The molecule has 0 amide bonds. The Balaban J connectivity index is 1.99. The van der Waals surface area contributed by atoms with Gasteiger partial charge in [0.2, 0.25) is 0 Å². The molecule has 5 nitrogen and oxygen atoms in total. The number of aryl methyl sites for hydroxylation is 1. The largest absolute Gasteiger partial charge is 0.395 e. The zero-order chi connectivity index (χ0) is 18.7. The fourth-order valence-corrected chi connectivity index (χ4v) is 2.96. The summed E-state index contributed by atoms with van der Waals surface area (Å²) in [5.74, 6) is 6.89. The molecule has 0 aliphatic rings. The van der Waals surface area contributed by atoms with Gasteiger partial charge in [-0.3, -0.25) is 9.36 Å². The van der Waals surface area contributed by atoms with E-state index in [2.05, 4.69) is 16.8 Å². The van der Waals surface area contributed by atoms with Gasteiger partial charge in [0.05, 0.1) is 18.0 Å². The Labute approximate surface area is 156 Å². The maximum Gasteiger partial charge on any atom is 0.252 e. The molecule has 0 atom stereocenters. The quantitative estimate of drug-likeness (QED) is 0.724. The monoisotopic (exact) mass is 367 g/mol. The van der Waals surface area contributed by atoms with Crippen molar-refractivity contribution in [3.63, 3.8) is 0 Å². The highest BCUT2D eigenvalue weighted by molar-refractivity contribution is 6.30. The van der Waals surface area contributed by atoms with Crippen molar-refractivity contribution in [3.8, 4) is 17.5 Å². The van der Waals surface area contributed by atoms with E-state index in [1.54, 1.807) is 18.3 Å². The Kier molecular flexibility index (Phi) is 5.27. The van der Waals surface area contributed by atoms with Gasteiger partial charge in [0.15, 0.2) is 0 Å². The lowest BCUT2D eigenvalue weighted by Crippen LogP contribution is -2.21. The van der Waals surface area contributed by atoms with Crippen LogP contribution in [0, 0.1) is 25.7 Å². The zero-order valence-electron chi connectivity index (χ0n) is 14.5. The highest BCUT2D eigenvalue weighted by Gasteiger charge is 2.12. The van der Waals surface area contributed by atoms with Gasteiger partial charge in [0.1, 0.15) is 11.5 Å². The molecular weight excluding hydrogens is 350 g/mol. The molecule has 26 heavy (non-hydrogen) atoms. The van der Waals surface area contributed by atoms with Gasteiger partial charge >= 0.3 is 0 Å². The third-order valence-electron chi connectivity index (χ3n) is 4.00. The molecular formula is C20H18ClN3O2. The molecule has 2 heterocycles. The van der Waals surface area contributed by atoms with Crippen molar-refractivity contribution in [1.29, 1.82) is 0 Å². The van der Waals surface area contributed by atoms with Crippen LogP contribution in [0.2, 0.25) is 5.02 Å². The predicted molar refractivity (Wildman–Crippen MR) is 102 cm³/mol. The molecule has 1 aromatic carbocycles. The number of hydrogen-bond acceptors (Lipinski definition) is 3. The van der Waals surface area contributed by atoms with Crippen LogP contribution in [-0.4, -0.2) is 25.8 Å². The van der Waals surface area contributed by atoms with Crippen LogP contribution in [0.4, 0.5) is 0 Å². The summed E-state index contributed by atoms with van der Waals surface area (Å²) < 4.78 is 3.36. The Hall–Kier alpha value is -2.81. The van der Waals surface area contributed by atoms with Crippen LogP contribution in [0.1, 0.15) is 22.8 Å². The van der Waals surface area contributed by atoms with Crippen molar-refractivity contribution < 1.29 is 5.11 Å². The number of rotatable bonds is 3. The van der Waals surface area contributed by atoms with Gasteiger partial charge in [-0.2, -0.15) is 0 Å². The van der Waals surface area contributed by atoms with Crippen LogP contribution >= 0.6 is 11.6 Å². The molecule has 2 aromatic heterocycles. The summed E-state index contributed by atoms with van der Waals surface area (Å²) >= 11 is 5.98. The fraction of sp³-hybridized carbons (Fsp3) is 0.200. The minimum absolute atomic E-state index is 0.0778. The Morgan fingerprint density at radius 2 is 2.00 bits per heavy atom. The summed E-state index contributed by atoms with van der Waals surface area (Å²) in [4.78, 5) is 16.7. The smallest absolute Gasteiger partial charge is 0.252 e. The second-order valence-electron chi connectivity index (χ2n) is 5.83. The molecule has 0 saturated heterocycles. The van der Waals surface area contributed by atoms with E-state index in [4.69, 9.17) is 16.7 Å². The standard InChI is InChI=1S/C20H18ClN3O2/c1-14-19(7-6-16-4-3-5-17(21)12-16)22-15(2)24(14)18-8-9-23(10-11-25)20(26)13-18/h3-5,8-9,12-13,25H,10-11H2,1-2H3. The number of aliphatic hydroxyl groups is 1. The number of halogens is 1. The molecule has 0 unspecified atom stereocenters. The number of aromatic nitrogens is 3. The van der Waals surface area contributed by atoms with Crippen LogP contribution in [-0.2, 0) is 6.54 Å². The first-order valence-corrected chi connectivity index (χ1v) is 8.52. The van der Waals surface area contributed by atoms with Crippen LogP contribution < -0.4 is 5.56 Å². The maximum atomic E-state index is 12.2. The van der Waals surface area contributed by atoms with Crippen molar-refractivity contribution in [3.05, 3.63) is 80.7 Å². The van der Waals surface area contributed by atoms with Gasteiger partial charge in [-0.25, -0.2) is 4.98 Å². The van der Waals surface area contributed by atoms with Crippen molar-refractivity contribution in [2.45, 2.75) is 20.4 Å². The first-order chi connectivity index (χ1) is 12.5. The molecule has 0 spiro atoms. The molecule has 6 heteroatoms. The second kappa shape index (κ2) is 7.61. The number of benzene rings is 1. The van der Waals surface area contributed by atoms with E-state index in [-0.39, 0.29) is 18.7 Å². The Morgan fingerprint density at radius 1 is 1.19 bits per heavy atom. The molecule has 132 valence electrons. The van der Waals surface area contributed by atoms with Crippen LogP contribution in [0.5, 0.6) is 0 Å². The summed E-state index contributed by atoms with van der Waals surface area (Å²) in [6.07, 6.45) is 1.67. The van der Waals surface area contributed by atoms with Crippen LogP contribution in [0.15, 0.2) is 47.4 Å². The van der Waals surface area contributed by atoms with Gasteiger partial charge in [-0.05, 0) is 44.0 Å². The average Bonchev–Trinajstić information content (AvgIpc) is 2.89. The lowest BCUT2D eigenvalue weighted by atomic mass is 10.2. The minimum Gasteiger partial charge on any atom is -0.395 e. The highest BCUT2D eigenvalue weighted by Crippen LogP contribution is 2.16. The lowest BCUT2D eigenvalue weighted by Gasteiger charge is -2.09. The van der Waals surface area contributed by atoms with E-state index in [1.165, 1.54) is 10.6 Å². The van der Waals surface area contributed by atoms with Gasteiger partial charge in [0.25, 0.3) is 5.56 Å². The average molecular weight is 368 g/mol. The summed E-state index contributed by atoms with van der Waals surface area (Å²) in [5, 5.41) is 9.63. The number of aliphatic hydroxyl groups excluding tert-OH is 1. The molecule has 0 saturated carbocycles. The van der Waals surface area contributed by atoms with E-state index in [1.807, 2.05) is 36.6 Å². The number of pyridine rings is 1. The maximum absolute atomic E-state index is 12.2. The first kappa shape index (κ1) is 18.0. The molecule has 0 aliphatic carbocycles. The zero-order valence-corrected chi connectivity index (χ0v) is 15.3. The summed E-state index contributed by atoms with van der Waals surface area (Å²) in [6.45, 7) is 3.99. The lowest BCUT2D eigenvalue weighted by molar-refractivity contribution is 0.274. The number of imidazole rings is 1. The molecule has 0 bridgehead atoms. The molecule has 3 aromatic rings. The molecule has 0 radical (unpaired) electrons. The van der Waals surface area contributed by atoms with Crippen molar-refractivity contribution >= 4 is 11.6 Å². The SMILES string of the molecule is Cc1nc(C#Cc2cccc(Cl)c2)c(C)n1-c1ccn(CCO)c(=O)c1. The van der Waals surface area contributed by atoms with E-state index in [0.717, 1.165) is 22.8 Å². The Morgan fingerprint density at radius 3 is 2.69 bits per heavy atom. The van der Waals surface area contributed by atoms with E-state index in [9.17, 15) is 4.79 Å². The topological polar surface area (TPSA) is 60.1 Å². The van der Waals surface area contributed by atoms with Crippen molar-refractivity contribution in [2.75, 3.05) is 6.61 Å². The summed E-state index contributed by atoms with van der Waals surface area (Å²) in [5.41, 5.74) is 2.88. The van der Waals surface area contributed by atoms with Gasteiger partial charge in [-0.1, -0.05) is 23.6 Å². The normalized spacial score (nSPS) is 10.5. The molecule has 1 N–H and O–H groups in total. The summed E-state index contributed by atoms with van der Waals surface area (Å²) in [7, 11) is 0. The van der Waals surface area contributed by atoms with Gasteiger partial charge in [-0.15, -0.1) is 0 Å².